The van der Waals surface area contributed by atoms with Gasteiger partial charge in [0.25, 0.3) is 0 Å². The van der Waals surface area contributed by atoms with Crippen LogP contribution in [0.1, 0.15) is 26.9 Å². The summed E-state index contributed by atoms with van der Waals surface area (Å²) in [5, 5.41) is 0. The van der Waals surface area contributed by atoms with Crippen LogP contribution in [0.4, 0.5) is 4.39 Å². The predicted molar refractivity (Wildman–Crippen MR) is 81.2 cm³/mol. The molecule has 19 heavy (non-hydrogen) atoms. The summed E-state index contributed by atoms with van der Waals surface area (Å²) in [6.07, 6.45) is 1.86. The van der Waals surface area contributed by atoms with Gasteiger partial charge in [0.2, 0.25) is 0 Å². The molecule has 1 aliphatic rings. The second-order valence-electron chi connectivity index (χ2n) is 4.84. The molecule has 0 bridgehead atoms. The lowest BCUT2D eigenvalue weighted by molar-refractivity contribution is 0.622. The molecule has 0 radical (unpaired) electrons. The second-order valence-corrected chi connectivity index (χ2v) is 7.11. The van der Waals surface area contributed by atoms with Crippen molar-refractivity contribution in [2.45, 2.75) is 24.6 Å². The SMILES string of the molecule is NC(Cc1cccc(F)c1)c1cc2c(s1)CCSC2. The van der Waals surface area contributed by atoms with Crippen LogP contribution in [0, 0.1) is 5.82 Å². The van der Waals surface area contributed by atoms with E-state index in [0.29, 0.717) is 6.42 Å². The molecule has 0 spiro atoms. The number of aryl methyl sites for hydroxylation is 1. The van der Waals surface area contributed by atoms with E-state index in [1.54, 1.807) is 12.1 Å². The highest BCUT2D eigenvalue weighted by atomic mass is 32.2. The van der Waals surface area contributed by atoms with E-state index in [1.807, 2.05) is 29.2 Å². The van der Waals surface area contributed by atoms with Crippen LogP contribution in [0.2, 0.25) is 0 Å². The number of hydrogen-bond donors (Lipinski definition) is 1. The third-order valence-corrected chi connectivity index (χ3v) is 5.73. The van der Waals surface area contributed by atoms with Gasteiger partial charge in [-0.25, -0.2) is 4.39 Å². The van der Waals surface area contributed by atoms with Gasteiger partial charge in [0.05, 0.1) is 0 Å². The van der Waals surface area contributed by atoms with Gasteiger partial charge in [0.1, 0.15) is 5.82 Å². The highest BCUT2D eigenvalue weighted by Gasteiger charge is 2.17. The number of thiophene rings is 1. The summed E-state index contributed by atoms with van der Waals surface area (Å²) in [5.74, 6) is 2.14. The van der Waals surface area contributed by atoms with Crippen LogP contribution >= 0.6 is 23.1 Å². The van der Waals surface area contributed by atoms with Crippen LogP contribution in [-0.4, -0.2) is 5.75 Å². The van der Waals surface area contributed by atoms with Crippen molar-refractivity contribution in [1.29, 1.82) is 0 Å². The molecule has 0 fully saturated rings. The quantitative estimate of drug-likeness (QED) is 0.928. The third-order valence-electron chi connectivity index (χ3n) is 3.36. The van der Waals surface area contributed by atoms with Gasteiger partial charge in [-0.2, -0.15) is 11.8 Å². The van der Waals surface area contributed by atoms with Crippen molar-refractivity contribution in [3.63, 3.8) is 0 Å². The fraction of sp³-hybridized carbons (Fsp3) is 0.333. The molecule has 1 aliphatic heterocycles. The zero-order chi connectivity index (χ0) is 13.2. The Morgan fingerprint density at radius 2 is 2.21 bits per heavy atom. The van der Waals surface area contributed by atoms with Crippen molar-refractivity contribution in [3.05, 3.63) is 57.0 Å². The molecule has 2 heterocycles. The first-order valence-electron chi connectivity index (χ1n) is 6.41. The van der Waals surface area contributed by atoms with Crippen LogP contribution in [-0.2, 0) is 18.6 Å². The van der Waals surface area contributed by atoms with Crippen LogP contribution < -0.4 is 5.73 Å². The van der Waals surface area contributed by atoms with Crippen LogP contribution in [0.3, 0.4) is 0 Å². The number of thioether (sulfide) groups is 1. The van der Waals surface area contributed by atoms with E-state index < -0.39 is 0 Å². The predicted octanol–water partition coefficient (Wildman–Crippen LogP) is 3.92. The number of rotatable bonds is 3. The summed E-state index contributed by atoms with van der Waals surface area (Å²) in [5.41, 5.74) is 8.69. The molecule has 1 aromatic heterocycles. The van der Waals surface area contributed by atoms with Crippen molar-refractivity contribution in [3.8, 4) is 0 Å². The number of benzene rings is 1. The maximum atomic E-state index is 13.2. The van der Waals surface area contributed by atoms with E-state index in [9.17, 15) is 4.39 Å². The fourth-order valence-electron chi connectivity index (χ4n) is 2.37. The fourth-order valence-corrected chi connectivity index (χ4v) is 4.75. The van der Waals surface area contributed by atoms with E-state index in [2.05, 4.69) is 6.07 Å². The van der Waals surface area contributed by atoms with E-state index in [0.717, 1.165) is 17.7 Å². The van der Waals surface area contributed by atoms with Gasteiger partial charge >= 0.3 is 0 Å². The molecule has 2 N–H and O–H groups in total. The molecule has 0 saturated heterocycles. The Labute approximate surface area is 121 Å². The van der Waals surface area contributed by atoms with Gasteiger partial charge < -0.3 is 5.73 Å². The second kappa shape index (κ2) is 5.65. The molecule has 1 unspecified atom stereocenters. The first-order chi connectivity index (χ1) is 9.22. The van der Waals surface area contributed by atoms with Crippen molar-refractivity contribution in [2.75, 3.05) is 5.75 Å². The van der Waals surface area contributed by atoms with Crippen LogP contribution in [0.5, 0.6) is 0 Å². The number of nitrogens with two attached hydrogens (primary N) is 1. The smallest absolute Gasteiger partial charge is 0.123 e. The molecule has 1 nitrogen and oxygen atoms in total. The minimum atomic E-state index is -0.188. The molecule has 2 aromatic rings. The lowest BCUT2D eigenvalue weighted by atomic mass is 10.0. The number of fused-ring (bicyclic) bond motifs is 1. The maximum absolute atomic E-state index is 13.2. The summed E-state index contributed by atoms with van der Waals surface area (Å²) in [4.78, 5) is 2.72. The monoisotopic (exact) mass is 293 g/mol. The third kappa shape index (κ3) is 3.02. The van der Waals surface area contributed by atoms with Crippen LogP contribution in [0.15, 0.2) is 30.3 Å². The Bertz CT molecular complexity index is 556. The van der Waals surface area contributed by atoms with Gasteiger partial charge in [-0.1, -0.05) is 12.1 Å². The minimum Gasteiger partial charge on any atom is -0.323 e. The van der Waals surface area contributed by atoms with Crippen LogP contribution in [0.25, 0.3) is 0 Å². The Hall–Kier alpha value is -0.840. The van der Waals surface area contributed by atoms with Crippen molar-refractivity contribution >= 4 is 23.1 Å². The van der Waals surface area contributed by atoms with Crippen molar-refractivity contribution in [2.24, 2.45) is 5.73 Å². The molecule has 4 heteroatoms. The van der Waals surface area contributed by atoms with Crippen molar-refractivity contribution in [1.82, 2.24) is 0 Å². The summed E-state index contributed by atoms with van der Waals surface area (Å²) >= 11 is 3.82. The van der Waals surface area contributed by atoms with Crippen molar-refractivity contribution < 1.29 is 4.39 Å². The Balaban J connectivity index is 1.76. The Kier molecular flexibility index (Phi) is 3.91. The minimum absolute atomic E-state index is 0.0256. The van der Waals surface area contributed by atoms with Gasteiger partial charge in [0, 0.05) is 21.5 Å². The normalized spacial score (nSPS) is 16.1. The van der Waals surface area contributed by atoms with Gasteiger partial charge in [-0.15, -0.1) is 11.3 Å². The first-order valence-corrected chi connectivity index (χ1v) is 8.39. The van der Waals surface area contributed by atoms with E-state index in [1.165, 1.54) is 27.1 Å². The molecule has 100 valence electrons. The summed E-state index contributed by atoms with van der Waals surface area (Å²) in [7, 11) is 0. The lowest BCUT2D eigenvalue weighted by Gasteiger charge is -2.09. The van der Waals surface area contributed by atoms with E-state index in [4.69, 9.17) is 5.73 Å². The lowest BCUT2D eigenvalue weighted by Crippen LogP contribution is -2.11. The molecular weight excluding hydrogens is 277 g/mol. The average molecular weight is 293 g/mol. The highest BCUT2D eigenvalue weighted by molar-refractivity contribution is 7.98. The topological polar surface area (TPSA) is 26.0 Å². The molecule has 0 aliphatic carbocycles. The zero-order valence-corrected chi connectivity index (χ0v) is 12.2. The van der Waals surface area contributed by atoms with Gasteiger partial charge in [0.15, 0.2) is 0 Å². The first kappa shape index (κ1) is 13.2. The molecular formula is C15H16FNS2. The molecule has 1 aromatic carbocycles. The Morgan fingerprint density at radius 1 is 1.32 bits per heavy atom. The number of halogens is 1. The van der Waals surface area contributed by atoms with E-state index in [-0.39, 0.29) is 11.9 Å². The zero-order valence-electron chi connectivity index (χ0n) is 10.6. The number of hydrogen-bond acceptors (Lipinski definition) is 3. The van der Waals surface area contributed by atoms with Gasteiger partial charge in [-0.05, 0) is 47.9 Å². The molecule has 1 atom stereocenters. The molecule has 0 amide bonds. The average Bonchev–Trinajstić information content (AvgIpc) is 2.82. The maximum Gasteiger partial charge on any atom is 0.123 e. The molecule has 0 saturated carbocycles. The van der Waals surface area contributed by atoms with E-state index >= 15 is 0 Å². The largest absolute Gasteiger partial charge is 0.323 e. The molecule has 3 rings (SSSR count). The summed E-state index contributed by atoms with van der Waals surface area (Å²) in [6.45, 7) is 0. The summed E-state index contributed by atoms with van der Waals surface area (Å²) < 4.78 is 13.2. The summed E-state index contributed by atoms with van der Waals surface area (Å²) in [6, 6.07) is 8.94. The standard InChI is InChI=1S/C15H16FNS2/c16-12-3-1-2-10(6-12)7-13(17)15-8-11-9-18-5-4-14(11)19-15/h1-3,6,8,13H,4-5,7,9,17H2. The Morgan fingerprint density at radius 3 is 3.00 bits per heavy atom. The highest BCUT2D eigenvalue weighted by Crippen LogP contribution is 2.34. The van der Waals surface area contributed by atoms with Gasteiger partial charge in [-0.3, -0.25) is 0 Å².